The molecule has 0 aliphatic carbocycles. The van der Waals surface area contributed by atoms with Crippen molar-refractivity contribution in [1.29, 1.82) is 0 Å². The van der Waals surface area contributed by atoms with Crippen LogP contribution in [0, 0.1) is 0 Å². The average Bonchev–Trinajstić information content (AvgIpc) is 2.24. The molecule has 0 spiro atoms. The number of hydrogen-bond donors (Lipinski definition) is 0. The van der Waals surface area contributed by atoms with Crippen molar-refractivity contribution >= 4 is 6.98 Å². The lowest BCUT2D eigenvalue weighted by Crippen LogP contribution is -2.13. The molecule has 4 heteroatoms. The molecule has 0 aromatic heterocycles. The first-order valence-corrected chi connectivity index (χ1v) is 7.27. The van der Waals surface area contributed by atoms with Gasteiger partial charge in [0.05, 0.1) is 0 Å². The van der Waals surface area contributed by atoms with Crippen molar-refractivity contribution in [2.24, 2.45) is 0 Å². The summed E-state index contributed by atoms with van der Waals surface area (Å²) in [4.78, 5) is 0. The standard InChI is InChI=1S/C13H27BF3/c1-2-3-4-5-6-7-8-9-10-11-12-13-14(15,16)17/h2-13H2,1H3/q-1. The van der Waals surface area contributed by atoms with E-state index in [2.05, 4.69) is 6.92 Å². The number of unbranched alkanes of at least 4 members (excludes halogenated alkanes) is 10. The lowest BCUT2D eigenvalue weighted by molar-refractivity contribution is 0.458. The highest BCUT2D eigenvalue weighted by Gasteiger charge is 2.21. The molecule has 0 N–H and O–H groups in total. The molecule has 0 rings (SSSR count). The van der Waals surface area contributed by atoms with Crippen LogP contribution in [0.1, 0.15) is 77.6 Å². The van der Waals surface area contributed by atoms with E-state index in [1.165, 1.54) is 44.9 Å². The van der Waals surface area contributed by atoms with E-state index in [-0.39, 0.29) is 0 Å². The van der Waals surface area contributed by atoms with Crippen LogP contribution in [0.2, 0.25) is 6.32 Å². The second kappa shape index (κ2) is 11.0. The molecule has 104 valence electrons. The molecule has 17 heavy (non-hydrogen) atoms. The van der Waals surface area contributed by atoms with E-state index in [9.17, 15) is 12.9 Å². The van der Waals surface area contributed by atoms with Crippen molar-refractivity contribution in [3.05, 3.63) is 0 Å². The van der Waals surface area contributed by atoms with E-state index in [0.29, 0.717) is 6.42 Å². The predicted octanol–water partition coefficient (Wildman–Crippen LogP) is 6.14. The zero-order chi connectivity index (χ0) is 13.0. The van der Waals surface area contributed by atoms with Gasteiger partial charge in [0.2, 0.25) is 0 Å². The van der Waals surface area contributed by atoms with Crippen molar-refractivity contribution in [2.45, 2.75) is 83.9 Å². The smallest absolute Gasteiger partial charge is 0.449 e. The van der Waals surface area contributed by atoms with Crippen molar-refractivity contribution in [2.75, 3.05) is 0 Å². The van der Waals surface area contributed by atoms with E-state index in [0.717, 1.165) is 19.3 Å². The van der Waals surface area contributed by atoms with Crippen LogP contribution in [0.4, 0.5) is 12.9 Å². The maximum absolute atomic E-state index is 11.9. The number of rotatable bonds is 12. The number of hydrogen-bond acceptors (Lipinski definition) is 0. The molecular formula is C13H27BF3-. The summed E-state index contributed by atoms with van der Waals surface area (Å²) in [5.41, 5.74) is 0. The SMILES string of the molecule is CCCCCCCCCCCCC[B-](F)(F)F. The topological polar surface area (TPSA) is 0 Å². The molecule has 0 aromatic rings. The van der Waals surface area contributed by atoms with Gasteiger partial charge in [-0.3, -0.25) is 0 Å². The molecule has 0 unspecified atom stereocenters. The maximum Gasteiger partial charge on any atom is 0.478 e. The maximum atomic E-state index is 11.9. The quantitative estimate of drug-likeness (QED) is 0.288. The van der Waals surface area contributed by atoms with Crippen LogP contribution >= 0.6 is 0 Å². The van der Waals surface area contributed by atoms with Gasteiger partial charge >= 0.3 is 6.98 Å². The third-order valence-electron chi connectivity index (χ3n) is 3.14. The van der Waals surface area contributed by atoms with Gasteiger partial charge in [-0.05, 0) is 0 Å². The Morgan fingerprint density at radius 1 is 0.588 bits per heavy atom. The summed E-state index contributed by atoms with van der Waals surface area (Å²) in [5.74, 6) is 0. The fourth-order valence-electron chi connectivity index (χ4n) is 2.04. The van der Waals surface area contributed by atoms with Crippen LogP contribution in [0.3, 0.4) is 0 Å². The van der Waals surface area contributed by atoms with E-state index >= 15 is 0 Å². The molecule has 0 fully saturated rings. The average molecular weight is 251 g/mol. The first-order valence-electron chi connectivity index (χ1n) is 7.27. The van der Waals surface area contributed by atoms with Crippen molar-refractivity contribution in [3.63, 3.8) is 0 Å². The zero-order valence-electron chi connectivity index (χ0n) is 11.2. The first kappa shape index (κ1) is 16.9. The summed E-state index contributed by atoms with van der Waals surface area (Å²) < 4.78 is 35.7. The van der Waals surface area contributed by atoms with Crippen LogP contribution in [0.5, 0.6) is 0 Å². The summed E-state index contributed by atoms with van der Waals surface area (Å²) in [6.45, 7) is -2.33. The van der Waals surface area contributed by atoms with Crippen LogP contribution in [-0.2, 0) is 0 Å². The zero-order valence-corrected chi connectivity index (χ0v) is 11.2. The van der Waals surface area contributed by atoms with Gasteiger partial charge in [0, 0.05) is 0 Å². The number of halogens is 3. The van der Waals surface area contributed by atoms with E-state index in [1.54, 1.807) is 0 Å². The summed E-state index contributed by atoms with van der Waals surface area (Å²) in [5, 5.41) is 0. The third kappa shape index (κ3) is 15.9. The minimum absolute atomic E-state index is 0.333. The molecule has 0 aromatic carbocycles. The highest BCUT2D eigenvalue weighted by molar-refractivity contribution is 6.58. The molecular weight excluding hydrogens is 224 g/mol. The molecule has 0 bridgehead atoms. The highest BCUT2D eigenvalue weighted by atomic mass is 19.4. The van der Waals surface area contributed by atoms with Crippen molar-refractivity contribution in [3.8, 4) is 0 Å². The second-order valence-corrected chi connectivity index (χ2v) is 5.03. The van der Waals surface area contributed by atoms with Crippen LogP contribution in [0.15, 0.2) is 0 Å². The molecule has 0 aliphatic rings. The van der Waals surface area contributed by atoms with Crippen molar-refractivity contribution in [1.82, 2.24) is 0 Å². The normalized spacial score (nSPS) is 12.0. The Hall–Kier alpha value is -0.145. The molecule has 0 atom stereocenters. The van der Waals surface area contributed by atoms with Gasteiger partial charge in [0.15, 0.2) is 0 Å². The van der Waals surface area contributed by atoms with Crippen LogP contribution in [-0.4, -0.2) is 6.98 Å². The van der Waals surface area contributed by atoms with E-state index < -0.39 is 13.3 Å². The van der Waals surface area contributed by atoms with Gasteiger partial charge in [-0.15, -0.1) is 0 Å². The molecule has 0 saturated carbocycles. The summed E-state index contributed by atoms with van der Waals surface area (Å²) in [6, 6.07) is 0. The van der Waals surface area contributed by atoms with Crippen molar-refractivity contribution < 1.29 is 12.9 Å². The van der Waals surface area contributed by atoms with Gasteiger partial charge in [0.25, 0.3) is 0 Å². The Kier molecular flexibility index (Phi) is 10.9. The monoisotopic (exact) mass is 251 g/mol. The van der Waals surface area contributed by atoms with E-state index in [1.807, 2.05) is 0 Å². The Bertz CT molecular complexity index is 157. The summed E-state index contributed by atoms with van der Waals surface area (Å²) in [7, 11) is 0. The Labute approximate surface area is 104 Å². The van der Waals surface area contributed by atoms with Crippen LogP contribution in [0.25, 0.3) is 0 Å². The Balaban J connectivity index is 2.99. The fraction of sp³-hybridized carbons (Fsp3) is 1.00. The van der Waals surface area contributed by atoms with Crippen LogP contribution < -0.4 is 0 Å². The van der Waals surface area contributed by atoms with E-state index in [4.69, 9.17) is 0 Å². The summed E-state index contributed by atoms with van der Waals surface area (Å²) in [6.07, 6.45) is 11.6. The van der Waals surface area contributed by atoms with Gasteiger partial charge in [0.1, 0.15) is 0 Å². The Morgan fingerprint density at radius 3 is 1.29 bits per heavy atom. The predicted molar refractivity (Wildman–Crippen MR) is 70.3 cm³/mol. The van der Waals surface area contributed by atoms with Gasteiger partial charge in [-0.2, -0.15) is 0 Å². The molecule has 0 amide bonds. The fourth-order valence-corrected chi connectivity index (χ4v) is 2.04. The molecule has 0 aliphatic heterocycles. The van der Waals surface area contributed by atoms with Gasteiger partial charge < -0.3 is 12.9 Å². The first-order chi connectivity index (χ1) is 8.06. The molecule has 0 nitrogen and oxygen atoms in total. The van der Waals surface area contributed by atoms with Gasteiger partial charge in [-0.1, -0.05) is 83.9 Å². The lowest BCUT2D eigenvalue weighted by Gasteiger charge is -2.12. The molecule has 0 saturated heterocycles. The Morgan fingerprint density at radius 2 is 0.941 bits per heavy atom. The lowest BCUT2D eigenvalue weighted by atomic mass is 9.83. The van der Waals surface area contributed by atoms with Gasteiger partial charge in [-0.25, -0.2) is 0 Å². The molecule has 0 radical (unpaired) electrons. The second-order valence-electron chi connectivity index (χ2n) is 5.03. The third-order valence-corrected chi connectivity index (χ3v) is 3.14. The minimum Gasteiger partial charge on any atom is -0.449 e. The largest absolute Gasteiger partial charge is 0.478 e. The minimum atomic E-state index is -4.54. The molecule has 0 heterocycles. The highest BCUT2D eigenvalue weighted by Crippen LogP contribution is 2.19. The summed E-state index contributed by atoms with van der Waals surface area (Å²) >= 11 is 0.